The number of nitrogens with one attached hydrogen (secondary N) is 1. The number of fused-ring (bicyclic) bond motifs is 1. The minimum atomic E-state index is -1.32. The van der Waals surface area contributed by atoms with E-state index in [1.165, 1.54) is 41.0 Å². The SMILES string of the molecule is COC(=O)c1cc2n(n1)C[C@](C)(C(=O)NC1CCCC1)N(c1ccc(F)cc1C)C2=O. The third-order valence-electron chi connectivity index (χ3n) is 6.13. The Morgan fingerprint density at radius 1 is 1.26 bits per heavy atom. The van der Waals surface area contributed by atoms with Crippen molar-refractivity contribution < 1.29 is 23.5 Å². The summed E-state index contributed by atoms with van der Waals surface area (Å²) < 4.78 is 19.8. The summed E-state index contributed by atoms with van der Waals surface area (Å²) in [5.41, 5.74) is -0.219. The first-order valence-electron chi connectivity index (χ1n) is 10.3. The first kappa shape index (κ1) is 21.0. The summed E-state index contributed by atoms with van der Waals surface area (Å²) in [6, 6.07) is 5.49. The van der Waals surface area contributed by atoms with Gasteiger partial charge in [0, 0.05) is 17.8 Å². The molecular weight excluding hydrogens is 403 g/mol. The Hall–Kier alpha value is -3.23. The van der Waals surface area contributed by atoms with Gasteiger partial charge in [0.25, 0.3) is 5.91 Å². The predicted octanol–water partition coefficient (Wildman–Crippen LogP) is 2.60. The summed E-state index contributed by atoms with van der Waals surface area (Å²) in [4.78, 5) is 40.4. The number of hydrogen-bond acceptors (Lipinski definition) is 5. The average Bonchev–Trinajstić information content (AvgIpc) is 3.38. The van der Waals surface area contributed by atoms with Crippen LogP contribution in [-0.2, 0) is 16.1 Å². The number of amides is 2. The number of aryl methyl sites for hydroxylation is 1. The maximum Gasteiger partial charge on any atom is 0.358 e. The highest BCUT2D eigenvalue weighted by atomic mass is 19.1. The van der Waals surface area contributed by atoms with Crippen LogP contribution in [0.25, 0.3) is 0 Å². The normalized spacial score (nSPS) is 21.2. The second-order valence-corrected chi connectivity index (χ2v) is 8.36. The van der Waals surface area contributed by atoms with E-state index in [2.05, 4.69) is 10.4 Å². The number of halogens is 1. The molecule has 1 N–H and O–H groups in total. The summed E-state index contributed by atoms with van der Waals surface area (Å²) in [5.74, 6) is -1.90. The van der Waals surface area contributed by atoms with Crippen LogP contribution in [0.5, 0.6) is 0 Å². The second-order valence-electron chi connectivity index (χ2n) is 8.36. The van der Waals surface area contributed by atoms with Gasteiger partial charge in [-0.05, 0) is 50.5 Å². The van der Waals surface area contributed by atoms with E-state index in [0.717, 1.165) is 25.7 Å². The van der Waals surface area contributed by atoms with Crippen molar-refractivity contribution in [3.8, 4) is 0 Å². The van der Waals surface area contributed by atoms with E-state index in [0.29, 0.717) is 11.3 Å². The summed E-state index contributed by atoms with van der Waals surface area (Å²) in [5, 5.41) is 7.27. The number of benzene rings is 1. The Labute approximate surface area is 179 Å². The lowest BCUT2D eigenvalue weighted by atomic mass is 9.92. The van der Waals surface area contributed by atoms with Gasteiger partial charge in [-0.25, -0.2) is 9.18 Å². The first-order chi connectivity index (χ1) is 14.7. The molecule has 8 nitrogen and oxygen atoms in total. The number of carbonyl (C=O) groups is 3. The van der Waals surface area contributed by atoms with Crippen LogP contribution in [0.2, 0.25) is 0 Å². The maximum atomic E-state index is 13.8. The lowest BCUT2D eigenvalue weighted by molar-refractivity contribution is -0.127. The van der Waals surface area contributed by atoms with Crippen molar-refractivity contribution in [2.24, 2.45) is 0 Å². The zero-order valence-corrected chi connectivity index (χ0v) is 17.8. The van der Waals surface area contributed by atoms with Gasteiger partial charge in [-0.15, -0.1) is 0 Å². The molecule has 2 heterocycles. The summed E-state index contributed by atoms with van der Waals surface area (Å²) in [6.07, 6.45) is 3.88. The van der Waals surface area contributed by atoms with Crippen molar-refractivity contribution in [2.75, 3.05) is 12.0 Å². The molecule has 2 aliphatic rings. The van der Waals surface area contributed by atoms with E-state index >= 15 is 0 Å². The molecule has 2 amide bonds. The first-order valence-corrected chi connectivity index (χ1v) is 10.3. The van der Waals surface area contributed by atoms with Crippen molar-refractivity contribution in [2.45, 2.75) is 57.7 Å². The summed E-state index contributed by atoms with van der Waals surface area (Å²) >= 11 is 0. The van der Waals surface area contributed by atoms with E-state index in [1.807, 2.05) is 0 Å². The Bertz CT molecular complexity index is 1060. The third kappa shape index (κ3) is 3.58. The Balaban J connectivity index is 1.81. The van der Waals surface area contributed by atoms with E-state index in [4.69, 9.17) is 4.74 Å². The molecule has 2 aromatic rings. The van der Waals surface area contributed by atoms with Gasteiger partial charge in [-0.2, -0.15) is 5.10 Å². The van der Waals surface area contributed by atoms with E-state index in [1.54, 1.807) is 13.8 Å². The fraction of sp³-hybridized carbons (Fsp3) is 0.455. The number of esters is 1. The van der Waals surface area contributed by atoms with Crippen molar-refractivity contribution >= 4 is 23.5 Å². The number of carbonyl (C=O) groups excluding carboxylic acids is 3. The Morgan fingerprint density at radius 2 is 1.97 bits per heavy atom. The molecule has 4 rings (SSSR count). The molecule has 31 heavy (non-hydrogen) atoms. The topological polar surface area (TPSA) is 93.5 Å². The zero-order chi connectivity index (χ0) is 22.3. The highest BCUT2D eigenvalue weighted by Gasteiger charge is 2.50. The summed E-state index contributed by atoms with van der Waals surface area (Å²) in [7, 11) is 1.23. The third-order valence-corrected chi connectivity index (χ3v) is 6.13. The molecule has 9 heteroatoms. The highest BCUT2D eigenvalue weighted by Crippen LogP contribution is 2.35. The van der Waals surface area contributed by atoms with Crippen molar-refractivity contribution in [3.63, 3.8) is 0 Å². The number of nitrogens with zero attached hydrogens (tertiary/aromatic N) is 3. The van der Waals surface area contributed by atoms with Gasteiger partial charge in [0.1, 0.15) is 17.1 Å². The monoisotopic (exact) mass is 428 g/mol. The molecule has 0 unspecified atom stereocenters. The lowest BCUT2D eigenvalue weighted by Gasteiger charge is -2.44. The molecular formula is C22H25FN4O4. The largest absolute Gasteiger partial charge is 0.464 e. The average molecular weight is 428 g/mol. The minimum Gasteiger partial charge on any atom is -0.464 e. The van der Waals surface area contributed by atoms with Crippen LogP contribution in [-0.4, -0.2) is 46.3 Å². The maximum absolute atomic E-state index is 13.8. The second kappa shape index (κ2) is 7.79. The van der Waals surface area contributed by atoms with Crippen molar-refractivity contribution in [1.29, 1.82) is 0 Å². The minimum absolute atomic E-state index is 0.0120. The van der Waals surface area contributed by atoms with Crippen LogP contribution in [0.1, 0.15) is 59.1 Å². The molecule has 1 aliphatic heterocycles. The molecule has 1 aromatic carbocycles. The predicted molar refractivity (Wildman–Crippen MR) is 110 cm³/mol. The van der Waals surface area contributed by atoms with Gasteiger partial charge in [-0.1, -0.05) is 12.8 Å². The molecule has 0 spiro atoms. The number of ether oxygens (including phenoxy) is 1. The quantitative estimate of drug-likeness (QED) is 0.756. The number of aromatic nitrogens is 2. The lowest BCUT2D eigenvalue weighted by Crippen LogP contribution is -2.65. The van der Waals surface area contributed by atoms with Crippen molar-refractivity contribution in [3.05, 3.63) is 47.0 Å². The number of anilines is 1. The number of hydrogen-bond donors (Lipinski definition) is 1. The Kier molecular flexibility index (Phi) is 5.28. The van der Waals surface area contributed by atoms with Gasteiger partial charge < -0.3 is 10.1 Å². The standard InChI is InChI=1S/C22H25FN4O4/c1-13-10-14(23)8-9-17(13)27-19(28)18-11-16(20(29)31-3)25-26(18)12-22(27,2)21(30)24-15-6-4-5-7-15/h8-11,15H,4-7,12H2,1-3H3,(H,24,30)/t22-/m1/s1. The number of methoxy groups -OCH3 is 1. The van der Waals surface area contributed by atoms with Crippen LogP contribution in [0.4, 0.5) is 10.1 Å². The van der Waals surface area contributed by atoms with Gasteiger partial charge in [0.15, 0.2) is 5.69 Å². The van der Waals surface area contributed by atoms with E-state index in [-0.39, 0.29) is 29.9 Å². The highest BCUT2D eigenvalue weighted by molar-refractivity contribution is 6.12. The smallest absolute Gasteiger partial charge is 0.358 e. The van der Waals surface area contributed by atoms with Crippen LogP contribution in [0.3, 0.4) is 0 Å². The molecule has 0 radical (unpaired) electrons. The number of rotatable bonds is 4. The van der Waals surface area contributed by atoms with Crippen molar-refractivity contribution in [1.82, 2.24) is 15.1 Å². The van der Waals surface area contributed by atoms with Gasteiger partial charge >= 0.3 is 5.97 Å². The van der Waals surface area contributed by atoms with Crippen LogP contribution in [0, 0.1) is 12.7 Å². The van der Waals surface area contributed by atoms with Crippen LogP contribution < -0.4 is 10.2 Å². The van der Waals surface area contributed by atoms with Crippen LogP contribution >= 0.6 is 0 Å². The molecule has 164 valence electrons. The fourth-order valence-electron chi connectivity index (χ4n) is 4.44. The molecule has 0 bridgehead atoms. The van der Waals surface area contributed by atoms with Gasteiger partial charge in [-0.3, -0.25) is 19.2 Å². The van der Waals surface area contributed by atoms with E-state index in [9.17, 15) is 18.8 Å². The van der Waals surface area contributed by atoms with Crippen LogP contribution in [0.15, 0.2) is 24.3 Å². The zero-order valence-electron chi connectivity index (χ0n) is 17.8. The molecule has 1 aromatic heterocycles. The molecule has 1 aliphatic carbocycles. The van der Waals surface area contributed by atoms with Gasteiger partial charge in [0.05, 0.1) is 13.7 Å². The molecule has 1 saturated carbocycles. The molecule has 0 saturated heterocycles. The summed E-state index contributed by atoms with van der Waals surface area (Å²) in [6.45, 7) is 3.40. The molecule has 1 fully saturated rings. The Morgan fingerprint density at radius 3 is 2.61 bits per heavy atom. The van der Waals surface area contributed by atoms with Gasteiger partial charge in [0.2, 0.25) is 5.91 Å². The molecule has 1 atom stereocenters. The van der Waals surface area contributed by atoms with E-state index < -0.39 is 23.2 Å². The fourth-order valence-corrected chi connectivity index (χ4v) is 4.44.